The maximum Gasteiger partial charge on any atom is 0.0164 e. The van der Waals surface area contributed by atoms with Crippen molar-refractivity contribution >= 4 is 5.57 Å². The standard InChI is InChI=1S/C18H18.C13H12/c1-12(2)13-9-7-10-15-14-8-5-6-11-16(14)18(3,4)17(13)15;1-11-6-5-9-13(10-11)12-7-3-2-4-8-12/h5-11H,1H2,2-4H3;2-10H,1H3. The highest BCUT2D eigenvalue weighted by Crippen LogP contribution is 2.50. The molecule has 31 heavy (non-hydrogen) atoms. The van der Waals surface area contributed by atoms with Crippen LogP contribution in [0.5, 0.6) is 0 Å². The molecule has 4 aromatic rings. The Morgan fingerprint density at radius 1 is 0.677 bits per heavy atom. The maximum atomic E-state index is 4.13. The zero-order valence-corrected chi connectivity index (χ0v) is 18.9. The molecule has 0 nitrogen and oxygen atoms in total. The van der Waals surface area contributed by atoms with Crippen LogP contribution in [-0.4, -0.2) is 0 Å². The second kappa shape index (κ2) is 8.40. The topological polar surface area (TPSA) is 0 Å². The number of rotatable bonds is 2. The van der Waals surface area contributed by atoms with Crippen LogP contribution in [0.15, 0.2) is 104 Å². The van der Waals surface area contributed by atoms with E-state index >= 15 is 0 Å². The third-order valence-electron chi connectivity index (χ3n) is 6.17. The molecule has 0 aliphatic heterocycles. The Kier molecular flexibility index (Phi) is 5.65. The molecule has 0 saturated heterocycles. The van der Waals surface area contributed by atoms with E-state index in [9.17, 15) is 0 Å². The lowest BCUT2D eigenvalue weighted by molar-refractivity contribution is 0.658. The molecular weight excluding hydrogens is 372 g/mol. The van der Waals surface area contributed by atoms with Gasteiger partial charge in [-0.1, -0.05) is 129 Å². The average Bonchev–Trinajstić information content (AvgIpc) is 3.02. The van der Waals surface area contributed by atoms with Crippen molar-refractivity contribution in [2.75, 3.05) is 0 Å². The predicted octanol–water partition coefficient (Wildman–Crippen LogP) is 8.69. The first-order valence-corrected chi connectivity index (χ1v) is 10.9. The van der Waals surface area contributed by atoms with Gasteiger partial charge in [0.1, 0.15) is 0 Å². The molecule has 0 radical (unpaired) electrons. The smallest absolute Gasteiger partial charge is 0.0164 e. The lowest BCUT2D eigenvalue weighted by Gasteiger charge is -2.24. The molecule has 1 aliphatic carbocycles. The average molecular weight is 403 g/mol. The first kappa shape index (κ1) is 20.9. The molecule has 0 spiro atoms. The number of allylic oxidation sites excluding steroid dienone is 1. The zero-order valence-electron chi connectivity index (χ0n) is 18.9. The molecule has 0 amide bonds. The Hall–Kier alpha value is -3.38. The minimum absolute atomic E-state index is 0.0709. The lowest BCUT2D eigenvalue weighted by Crippen LogP contribution is -2.16. The minimum Gasteiger partial charge on any atom is -0.0955 e. The summed E-state index contributed by atoms with van der Waals surface area (Å²) in [5, 5.41) is 0. The van der Waals surface area contributed by atoms with Gasteiger partial charge in [-0.25, -0.2) is 0 Å². The van der Waals surface area contributed by atoms with Crippen molar-refractivity contribution in [3.05, 3.63) is 126 Å². The zero-order chi connectivity index (χ0) is 22.0. The van der Waals surface area contributed by atoms with Gasteiger partial charge in [-0.15, -0.1) is 0 Å². The highest BCUT2D eigenvalue weighted by molar-refractivity contribution is 5.86. The molecule has 154 valence electrons. The highest BCUT2D eigenvalue weighted by Gasteiger charge is 2.36. The summed E-state index contributed by atoms with van der Waals surface area (Å²) in [6.07, 6.45) is 0. The molecule has 0 heteroatoms. The Labute approximate surface area is 186 Å². The van der Waals surface area contributed by atoms with Gasteiger partial charge >= 0.3 is 0 Å². The number of hydrogen-bond acceptors (Lipinski definition) is 0. The van der Waals surface area contributed by atoms with Gasteiger partial charge in [-0.2, -0.15) is 0 Å². The van der Waals surface area contributed by atoms with Gasteiger partial charge in [0.15, 0.2) is 0 Å². The predicted molar refractivity (Wildman–Crippen MR) is 135 cm³/mol. The minimum atomic E-state index is 0.0709. The Morgan fingerprint density at radius 3 is 2.00 bits per heavy atom. The second-order valence-corrected chi connectivity index (χ2v) is 8.91. The van der Waals surface area contributed by atoms with E-state index in [0.29, 0.717) is 0 Å². The second-order valence-electron chi connectivity index (χ2n) is 8.91. The van der Waals surface area contributed by atoms with E-state index in [1.54, 1.807) is 0 Å². The Balaban J connectivity index is 0.000000158. The number of fused-ring (bicyclic) bond motifs is 3. The molecule has 0 N–H and O–H groups in total. The summed E-state index contributed by atoms with van der Waals surface area (Å²) in [7, 11) is 0. The van der Waals surface area contributed by atoms with Crippen molar-refractivity contribution in [3.8, 4) is 22.3 Å². The van der Waals surface area contributed by atoms with Crippen molar-refractivity contribution in [2.24, 2.45) is 0 Å². The van der Waals surface area contributed by atoms with Crippen LogP contribution >= 0.6 is 0 Å². The van der Waals surface area contributed by atoms with E-state index in [1.807, 2.05) is 6.07 Å². The SMILES string of the molecule is C=C(C)c1cccc2c1C(C)(C)c1ccccc1-2.Cc1cccc(-c2ccccc2)c1. The van der Waals surface area contributed by atoms with E-state index in [0.717, 1.165) is 5.57 Å². The lowest BCUT2D eigenvalue weighted by atomic mass is 9.79. The van der Waals surface area contributed by atoms with Gasteiger partial charge < -0.3 is 0 Å². The summed E-state index contributed by atoms with van der Waals surface area (Å²) in [5.41, 5.74) is 12.0. The maximum absolute atomic E-state index is 4.13. The van der Waals surface area contributed by atoms with E-state index in [1.165, 1.54) is 44.5 Å². The molecule has 0 atom stereocenters. The van der Waals surface area contributed by atoms with Gasteiger partial charge in [-0.3, -0.25) is 0 Å². The van der Waals surface area contributed by atoms with Crippen LogP contribution in [0.1, 0.15) is 43.0 Å². The molecule has 0 heterocycles. The van der Waals surface area contributed by atoms with Crippen LogP contribution in [0.25, 0.3) is 27.8 Å². The molecule has 0 saturated carbocycles. The van der Waals surface area contributed by atoms with Gasteiger partial charge in [0, 0.05) is 5.41 Å². The van der Waals surface area contributed by atoms with Gasteiger partial charge in [0.25, 0.3) is 0 Å². The number of hydrogen-bond donors (Lipinski definition) is 0. The summed E-state index contributed by atoms with van der Waals surface area (Å²) < 4.78 is 0. The van der Waals surface area contributed by atoms with Crippen LogP contribution in [-0.2, 0) is 5.41 Å². The van der Waals surface area contributed by atoms with E-state index in [4.69, 9.17) is 0 Å². The molecular formula is C31H30. The molecule has 4 aromatic carbocycles. The summed E-state index contributed by atoms with van der Waals surface area (Å²) >= 11 is 0. The fourth-order valence-corrected chi connectivity index (χ4v) is 4.66. The van der Waals surface area contributed by atoms with Gasteiger partial charge in [0.2, 0.25) is 0 Å². The van der Waals surface area contributed by atoms with Crippen LogP contribution < -0.4 is 0 Å². The first-order chi connectivity index (χ1) is 14.9. The highest BCUT2D eigenvalue weighted by atomic mass is 14.4. The van der Waals surface area contributed by atoms with E-state index < -0.39 is 0 Å². The largest absolute Gasteiger partial charge is 0.0955 e. The monoisotopic (exact) mass is 402 g/mol. The van der Waals surface area contributed by atoms with Crippen molar-refractivity contribution in [2.45, 2.75) is 33.1 Å². The van der Waals surface area contributed by atoms with Crippen molar-refractivity contribution in [1.82, 2.24) is 0 Å². The Bertz CT molecular complexity index is 1230. The summed E-state index contributed by atoms with van der Waals surface area (Å²) in [6.45, 7) is 13.0. The third-order valence-corrected chi connectivity index (χ3v) is 6.17. The molecule has 0 aromatic heterocycles. The molecule has 5 rings (SSSR count). The fourth-order valence-electron chi connectivity index (χ4n) is 4.66. The number of aryl methyl sites for hydroxylation is 1. The van der Waals surface area contributed by atoms with Crippen LogP contribution in [0, 0.1) is 6.92 Å². The van der Waals surface area contributed by atoms with Gasteiger partial charge in [-0.05, 0) is 52.8 Å². The normalized spacial score (nSPS) is 12.9. The van der Waals surface area contributed by atoms with Crippen LogP contribution in [0.3, 0.4) is 0 Å². The molecule has 0 fully saturated rings. The van der Waals surface area contributed by atoms with Crippen LogP contribution in [0.4, 0.5) is 0 Å². The third kappa shape index (κ3) is 3.99. The van der Waals surface area contributed by atoms with Crippen molar-refractivity contribution < 1.29 is 0 Å². The van der Waals surface area contributed by atoms with E-state index in [-0.39, 0.29) is 5.41 Å². The quantitative estimate of drug-likeness (QED) is 0.314. The number of benzene rings is 4. The molecule has 1 aliphatic rings. The van der Waals surface area contributed by atoms with Gasteiger partial charge in [0.05, 0.1) is 0 Å². The van der Waals surface area contributed by atoms with Crippen molar-refractivity contribution in [3.63, 3.8) is 0 Å². The Morgan fingerprint density at radius 2 is 1.29 bits per heavy atom. The fraction of sp³-hybridized carbons (Fsp3) is 0.161. The molecule has 0 unspecified atom stereocenters. The molecule has 0 bridgehead atoms. The van der Waals surface area contributed by atoms with Crippen molar-refractivity contribution in [1.29, 1.82) is 0 Å². The van der Waals surface area contributed by atoms with Crippen LogP contribution in [0.2, 0.25) is 0 Å². The first-order valence-electron chi connectivity index (χ1n) is 10.9. The summed E-state index contributed by atoms with van der Waals surface area (Å²) in [6, 6.07) is 34.3. The van der Waals surface area contributed by atoms with E-state index in [2.05, 4.69) is 125 Å². The summed E-state index contributed by atoms with van der Waals surface area (Å²) in [4.78, 5) is 0. The summed E-state index contributed by atoms with van der Waals surface area (Å²) in [5.74, 6) is 0.